The van der Waals surface area contributed by atoms with E-state index in [0.717, 1.165) is 38.5 Å². The molecular weight excluding hydrogens is 402 g/mol. The summed E-state index contributed by atoms with van der Waals surface area (Å²) in [6, 6.07) is 5.24. The average Bonchev–Trinajstić information content (AvgIpc) is 3.17. The van der Waals surface area contributed by atoms with Crippen LogP contribution >= 0.6 is 0 Å². The quantitative estimate of drug-likeness (QED) is 0.113. The summed E-state index contributed by atoms with van der Waals surface area (Å²) in [4.78, 5) is 22.1. The Morgan fingerprint density at radius 3 is 2.23 bits per heavy atom. The fourth-order valence-corrected chi connectivity index (χ4v) is 3.65. The van der Waals surface area contributed by atoms with Crippen molar-refractivity contribution in [3.05, 3.63) is 34.4 Å². The minimum absolute atomic E-state index is 0.0392. The number of nitro groups is 1. The van der Waals surface area contributed by atoms with Crippen LogP contribution in [0.3, 0.4) is 0 Å². The number of nitro benzene ring substituents is 1. The van der Waals surface area contributed by atoms with Crippen molar-refractivity contribution in [2.45, 2.75) is 89.9 Å². The fourth-order valence-electron chi connectivity index (χ4n) is 3.65. The maximum Gasteiger partial charge on any atom is 0.513 e. The van der Waals surface area contributed by atoms with Crippen LogP contribution in [-0.4, -0.2) is 36.2 Å². The molecule has 1 aromatic carbocycles. The lowest BCUT2D eigenvalue weighted by Gasteiger charge is -2.28. The van der Waals surface area contributed by atoms with Crippen LogP contribution in [0.4, 0.5) is 10.5 Å². The predicted octanol–water partition coefficient (Wildman–Crippen LogP) is 6.16. The zero-order valence-electron chi connectivity index (χ0n) is 18.7. The average molecular weight is 438 g/mol. The molecule has 8 nitrogen and oxygen atoms in total. The van der Waals surface area contributed by atoms with Gasteiger partial charge in [-0.2, -0.15) is 0 Å². The maximum atomic E-state index is 12.0. The van der Waals surface area contributed by atoms with E-state index in [2.05, 4.69) is 13.8 Å². The zero-order valence-corrected chi connectivity index (χ0v) is 18.7. The molecule has 0 aliphatic carbocycles. The van der Waals surface area contributed by atoms with Gasteiger partial charge in [-0.15, -0.1) is 0 Å². The van der Waals surface area contributed by atoms with E-state index in [9.17, 15) is 14.9 Å². The molecule has 1 aliphatic rings. The van der Waals surface area contributed by atoms with Crippen molar-refractivity contribution in [2.24, 2.45) is 0 Å². The molecule has 1 atom stereocenters. The van der Waals surface area contributed by atoms with Crippen LogP contribution in [0.15, 0.2) is 24.3 Å². The first-order chi connectivity index (χ1) is 15.0. The standard InChI is InChI=1S/C23H35NO7/c1-3-5-7-9-15-23(16-10-8-6-4-2)29-18-21(31-23)17-28-22(25)30-20-13-11-19(12-14-20)24(26)27/h11-14,21H,3-10,15-18H2,1-2H3. The highest BCUT2D eigenvalue weighted by atomic mass is 16.8. The molecule has 0 amide bonds. The van der Waals surface area contributed by atoms with E-state index in [-0.39, 0.29) is 24.1 Å². The van der Waals surface area contributed by atoms with Crippen molar-refractivity contribution >= 4 is 11.8 Å². The van der Waals surface area contributed by atoms with Crippen molar-refractivity contribution in [1.82, 2.24) is 0 Å². The summed E-state index contributed by atoms with van der Waals surface area (Å²) in [7, 11) is 0. The van der Waals surface area contributed by atoms with E-state index in [0.29, 0.717) is 6.61 Å². The number of ether oxygens (including phenoxy) is 4. The van der Waals surface area contributed by atoms with Gasteiger partial charge in [-0.25, -0.2) is 4.79 Å². The lowest BCUT2D eigenvalue weighted by Crippen LogP contribution is -2.32. The topological polar surface area (TPSA) is 97.1 Å². The number of hydrogen-bond acceptors (Lipinski definition) is 7. The molecular formula is C23H35NO7. The predicted molar refractivity (Wildman–Crippen MR) is 116 cm³/mol. The van der Waals surface area contributed by atoms with E-state index in [1.807, 2.05) is 0 Å². The molecule has 0 aromatic heterocycles. The molecule has 1 aromatic rings. The molecule has 174 valence electrons. The van der Waals surface area contributed by atoms with Crippen molar-refractivity contribution in [3.8, 4) is 5.75 Å². The van der Waals surface area contributed by atoms with Gasteiger partial charge in [0.2, 0.25) is 0 Å². The summed E-state index contributed by atoms with van der Waals surface area (Å²) in [6.07, 6.45) is 9.67. The lowest BCUT2D eigenvalue weighted by atomic mass is 10.00. The van der Waals surface area contributed by atoms with Crippen molar-refractivity contribution in [2.75, 3.05) is 13.2 Å². The van der Waals surface area contributed by atoms with Gasteiger partial charge in [-0.1, -0.05) is 52.4 Å². The highest BCUT2D eigenvalue weighted by Crippen LogP contribution is 2.34. The Morgan fingerprint density at radius 1 is 1.06 bits per heavy atom. The van der Waals surface area contributed by atoms with Gasteiger partial charge < -0.3 is 18.9 Å². The summed E-state index contributed by atoms with van der Waals surface area (Å²) in [5.74, 6) is -0.405. The first-order valence-electron chi connectivity index (χ1n) is 11.4. The Bertz CT molecular complexity index is 665. The van der Waals surface area contributed by atoms with Gasteiger partial charge >= 0.3 is 6.16 Å². The summed E-state index contributed by atoms with van der Waals surface area (Å²) < 4.78 is 22.6. The minimum Gasteiger partial charge on any atom is -0.431 e. The number of rotatable bonds is 14. The van der Waals surface area contributed by atoms with Crippen molar-refractivity contribution in [1.29, 1.82) is 0 Å². The highest BCUT2D eigenvalue weighted by molar-refractivity contribution is 5.64. The third kappa shape index (κ3) is 8.83. The van der Waals surface area contributed by atoms with Gasteiger partial charge in [0.25, 0.3) is 5.69 Å². The van der Waals surface area contributed by atoms with Gasteiger partial charge in [0.15, 0.2) is 5.79 Å². The molecule has 0 N–H and O–H groups in total. The normalized spacial score (nSPS) is 17.4. The molecule has 31 heavy (non-hydrogen) atoms. The Kier molecular flexibility index (Phi) is 10.7. The first kappa shape index (κ1) is 25.1. The van der Waals surface area contributed by atoms with Crippen LogP contribution in [0, 0.1) is 10.1 Å². The van der Waals surface area contributed by atoms with Crippen molar-refractivity contribution < 1.29 is 28.7 Å². The second-order valence-corrected chi connectivity index (χ2v) is 8.00. The van der Waals surface area contributed by atoms with Crippen LogP contribution in [0.25, 0.3) is 0 Å². The van der Waals surface area contributed by atoms with Crippen LogP contribution in [0.2, 0.25) is 0 Å². The van der Waals surface area contributed by atoms with E-state index in [1.54, 1.807) is 0 Å². The number of benzene rings is 1. The van der Waals surface area contributed by atoms with Gasteiger partial charge in [0, 0.05) is 25.0 Å². The molecule has 8 heteroatoms. The van der Waals surface area contributed by atoms with Gasteiger partial charge in [0.05, 0.1) is 11.5 Å². The molecule has 1 heterocycles. The first-order valence-corrected chi connectivity index (χ1v) is 11.4. The largest absolute Gasteiger partial charge is 0.513 e. The van der Waals surface area contributed by atoms with Gasteiger partial charge in [0.1, 0.15) is 18.5 Å². The van der Waals surface area contributed by atoms with Crippen molar-refractivity contribution in [3.63, 3.8) is 0 Å². The van der Waals surface area contributed by atoms with Crippen LogP contribution in [0.5, 0.6) is 5.75 Å². The Morgan fingerprint density at radius 2 is 1.68 bits per heavy atom. The molecule has 0 bridgehead atoms. The Labute approximate surface area is 184 Å². The maximum absolute atomic E-state index is 12.0. The summed E-state index contributed by atoms with van der Waals surface area (Å²) in [6.45, 7) is 4.79. The van der Waals surface area contributed by atoms with Crippen LogP contribution in [0.1, 0.15) is 78.1 Å². The Balaban J connectivity index is 1.79. The monoisotopic (exact) mass is 437 g/mol. The van der Waals surface area contributed by atoms with Crippen LogP contribution < -0.4 is 4.74 Å². The third-order valence-electron chi connectivity index (χ3n) is 5.37. The van der Waals surface area contributed by atoms with Crippen LogP contribution in [-0.2, 0) is 14.2 Å². The zero-order chi connectivity index (χ0) is 22.5. The summed E-state index contributed by atoms with van der Waals surface area (Å²) >= 11 is 0. The van der Waals surface area contributed by atoms with Gasteiger partial charge in [-0.05, 0) is 25.0 Å². The second-order valence-electron chi connectivity index (χ2n) is 8.00. The highest BCUT2D eigenvalue weighted by Gasteiger charge is 2.41. The molecule has 0 radical (unpaired) electrons. The van der Waals surface area contributed by atoms with E-state index in [4.69, 9.17) is 18.9 Å². The molecule has 1 aliphatic heterocycles. The fraction of sp³-hybridized carbons (Fsp3) is 0.696. The molecule has 2 rings (SSSR count). The SMILES string of the molecule is CCCCCCC1(CCCCCC)OCC(COC(=O)Oc2ccc([N+](=O)[O-])cc2)O1. The molecule has 0 saturated carbocycles. The third-order valence-corrected chi connectivity index (χ3v) is 5.37. The molecule has 1 fully saturated rings. The molecule has 1 unspecified atom stereocenters. The number of unbranched alkanes of at least 4 members (excludes halogenated alkanes) is 6. The van der Waals surface area contributed by atoms with E-state index < -0.39 is 16.9 Å². The number of hydrogen-bond donors (Lipinski definition) is 0. The summed E-state index contributed by atoms with van der Waals surface area (Å²) in [5.41, 5.74) is -0.0774. The van der Waals surface area contributed by atoms with E-state index >= 15 is 0 Å². The molecule has 1 saturated heterocycles. The lowest BCUT2D eigenvalue weighted by molar-refractivity contribution is -0.384. The number of carbonyl (C=O) groups excluding carboxylic acids is 1. The number of non-ortho nitro benzene ring substituents is 1. The Hall–Kier alpha value is -2.19. The van der Waals surface area contributed by atoms with E-state index in [1.165, 1.54) is 49.9 Å². The minimum atomic E-state index is -0.874. The number of nitrogens with zero attached hydrogens (tertiary/aromatic N) is 1. The molecule has 0 spiro atoms. The second kappa shape index (κ2) is 13.3. The summed E-state index contributed by atoms with van der Waals surface area (Å²) in [5, 5.41) is 10.7. The van der Waals surface area contributed by atoms with Gasteiger partial charge in [-0.3, -0.25) is 10.1 Å². The smallest absolute Gasteiger partial charge is 0.431 e. The number of carbonyl (C=O) groups is 1.